The van der Waals surface area contributed by atoms with Crippen molar-refractivity contribution in [3.63, 3.8) is 0 Å². The topological polar surface area (TPSA) is 57.6 Å². The van der Waals surface area contributed by atoms with Crippen LogP contribution in [0.15, 0.2) is 29.2 Å². The van der Waals surface area contributed by atoms with Gasteiger partial charge in [0.2, 0.25) is 10.0 Å². The molecular formula is C11H14ClNO3S. The van der Waals surface area contributed by atoms with Crippen molar-refractivity contribution in [2.75, 3.05) is 13.1 Å². The molecule has 0 aromatic heterocycles. The number of rotatable bonds is 2. The van der Waals surface area contributed by atoms with Crippen LogP contribution in [0.2, 0.25) is 5.02 Å². The Morgan fingerprint density at radius 1 is 1.41 bits per heavy atom. The van der Waals surface area contributed by atoms with Gasteiger partial charge in [-0.25, -0.2) is 8.42 Å². The van der Waals surface area contributed by atoms with Crippen molar-refractivity contribution in [1.82, 2.24) is 4.31 Å². The number of hydrogen-bond donors (Lipinski definition) is 1. The zero-order valence-corrected chi connectivity index (χ0v) is 10.8. The maximum absolute atomic E-state index is 12.2. The summed E-state index contributed by atoms with van der Waals surface area (Å²) in [6, 6.07) is 6.18. The number of benzene rings is 1. The van der Waals surface area contributed by atoms with E-state index >= 15 is 0 Å². The van der Waals surface area contributed by atoms with Gasteiger partial charge in [-0.15, -0.1) is 0 Å². The lowest BCUT2D eigenvalue weighted by molar-refractivity contribution is 0.108. The smallest absolute Gasteiger partial charge is 0.243 e. The van der Waals surface area contributed by atoms with E-state index in [1.807, 2.05) is 0 Å². The Morgan fingerprint density at radius 2 is 2.18 bits per heavy atom. The van der Waals surface area contributed by atoms with E-state index in [9.17, 15) is 13.5 Å². The second kappa shape index (κ2) is 4.94. The molecule has 0 saturated carbocycles. The summed E-state index contributed by atoms with van der Waals surface area (Å²) in [6.45, 7) is 0.612. The molecule has 1 fully saturated rings. The number of nitrogens with zero attached hydrogens (tertiary/aromatic N) is 1. The van der Waals surface area contributed by atoms with Gasteiger partial charge < -0.3 is 5.11 Å². The molecule has 1 heterocycles. The lowest BCUT2D eigenvalue weighted by Gasteiger charge is -2.29. The normalized spacial score (nSPS) is 22.6. The molecule has 1 atom stereocenters. The van der Waals surface area contributed by atoms with Crippen LogP contribution in [0.1, 0.15) is 12.8 Å². The van der Waals surface area contributed by atoms with Crippen LogP contribution in [0.5, 0.6) is 0 Å². The lowest BCUT2D eigenvalue weighted by atomic mass is 10.1. The average molecular weight is 276 g/mol. The first-order valence-corrected chi connectivity index (χ1v) is 7.26. The monoisotopic (exact) mass is 275 g/mol. The molecule has 2 rings (SSSR count). The van der Waals surface area contributed by atoms with Crippen molar-refractivity contribution in [1.29, 1.82) is 0 Å². The molecule has 1 saturated heterocycles. The number of hydrogen-bond acceptors (Lipinski definition) is 3. The fourth-order valence-corrected chi connectivity index (χ4v) is 3.73. The molecule has 1 aliphatic rings. The Kier molecular flexibility index (Phi) is 3.73. The van der Waals surface area contributed by atoms with E-state index in [0.717, 1.165) is 0 Å². The number of β-amino-alcohol motifs (C(OH)–C–C–N with tert-alkyl or cyclic N) is 1. The summed E-state index contributed by atoms with van der Waals surface area (Å²) in [5.74, 6) is 0. The van der Waals surface area contributed by atoms with Crippen LogP contribution < -0.4 is 0 Å². The highest BCUT2D eigenvalue weighted by molar-refractivity contribution is 7.89. The van der Waals surface area contributed by atoms with Crippen LogP contribution in [0, 0.1) is 0 Å². The summed E-state index contributed by atoms with van der Waals surface area (Å²) in [5, 5.41) is 9.90. The quantitative estimate of drug-likeness (QED) is 0.890. The van der Waals surface area contributed by atoms with Crippen LogP contribution in [-0.4, -0.2) is 37.0 Å². The third-order valence-electron chi connectivity index (χ3n) is 2.79. The van der Waals surface area contributed by atoms with E-state index < -0.39 is 16.1 Å². The Labute approximate surface area is 106 Å². The summed E-state index contributed by atoms with van der Waals surface area (Å²) in [6.07, 6.45) is 0.764. The van der Waals surface area contributed by atoms with Crippen molar-refractivity contribution in [3.05, 3.63) is 29.3 Å². The lowest BCUT2D eigenvalue weighted by Crippen LogP contribution is -2.42. The molecule has 1 aromatic carbocycles. The number of halogens is 1. The highest BCUT2D eigenvalue weighted by Crippen LogP contribution is 2.22. The number of piperidine rings is 1. The number of sulfonamides is 1. The standard InChI is InChI=1S/C11H14ClNO3S/c12-9-3-1-5-11(7-9)17(15,16)13-6-2-4-10(14)8-13/h1,3,5,7,10,14H,2,4,6,8H2/t10-/m0/s1. The van der Waals surface area contributed by atoms with Crippen molar-refractivity contribution in [2.24, 2.45) is 0 Å². The Bertz CT molecular complexity index is 503. The zero-order chi connectivity index (χ0) is 12.5. The van der Waals surface area contributed by atoms with Crippen LogP contribution >= 0.6 is 11.6 Å². The van der Waals surface area contributed by atoms with Gasteiger partial charge in [0.25, 0.3) is 0 Å². The minimum atomic E-state index is -3.53. The van der Waals surface area contributed by atoms with Gasteiger partial charge in [0, 0.05) is 18.1 Å². The molecule has 0 amide bonds. The van der Waals surface area contributed by atoms with E-state index in [4.69, 9.17) is 11.6 Å². The molecule has 0 unspecified atom stereocenters. The molecule has 94 valence electrons. The van der Waals surface area contributed by atoms with Crippen LogP contribution in [-0.2, 0) is 10.0 Å². The largest absolute Gasteiger partial charge is 0.392 e. The predicted octanol–water partition coefficient (Wildman–Crippen LogP) is 1.49. The highest BCUT2D eigenvalue weighted by atomic mass is 35.5. The summed E-state index contributed by atoms with van der Waals surface area (Å²) < 4.78 is 25.8. The van der Waals surface area contributed by atoms with Gasteiger partial charge in [-0.05, 0) is 31.0 Å². The van der Waals surface area contributed by atoms with Crippen molar-refractivity contribution >= 4 is 21.6 Å². The molecule has 1 N–H and O–H groups in total. The van der Waals surface area contributed by atoms with Crippen molar-refractivity contribution in [2.45, 2.75) is 23.8 Å². The fourth-order valence-electron chi connectivity index (χ4n) is 1.92. The summed E-state index contributed by atoms with van der Waals surface area (Å²) in [7, 11) is -3.53. The number of aliphatic hydroxyl groups is 1. The average Bonchev–Trinajstić information content (AvgIpc) is 2.29. The molecule has 6 heteroatoms. The first kappa shape index (κ1) is 12.8. The predicted molar refractivity (Wildman–Crippen MR) is 65.5 cm³/mol. The molecule has 1 aliphatic heterocycles. The van der Waals surface area contributed by atoms with Gasteiger partial charge in [-0.2, -0.15) is 4.31 Å². The van der Waals surface area contributed by atoms with E-state index in [-0.39, 0.29) is 11.4 Å². The maximum Gasteiger partial charge on any atom is 0.243 e. The van der Waals surface area contributed by atoms with E-state index in [1.165, 1.54) is 16.4 Å². The van der Waals surface area contributed by atoms with Gasteiger partial charge in [0.15, 0.2) is 0 Å². The minimum Gasteiger partial charge on any atom is -0.392 e. The van der Waals surface area contributed by atoms with Gasteiger partial charge in [0.05, 0.1) is 11.0 Å². The van der Waals surface area contributed by atoms with Gasteiger partial charge in [-0.1, -0.05) is 17.7 Å². The van der Waals surface area contributed by atoms with Crippen LogP contribution in [0.4, 0.5) is 0 Å². The molecule has 17 heavy (non-hydrogen) atoms. The third kappa shape index (κ3) is 2.80. The van der Waals surface area contributed by atoms with E-state index in [2.05, 4.69) is 0 Å². The van der Waals surface area contributed by atoms with Gasteiger partial charge in [0.1, 0.15) is 0 Å². The SMILES string of the molecule is O=S(=O)(c1cccc(Cl)c1)N1CCC[C@H](O)C1. The van der Waals surface area contributed by atoms with E-state index in [0.29, 0.717) is 24.4 Å². The maximum atomic E-state index is 12.2. The summed E-state index contributed by atoms with van der Waals surface area (Å²) in [5.41, 5.74) is 0. The minimum absolute atomic E-state index is 0.162. The molecule has 0 spiro atoms. The Balaban J connectivity index is 2.29. The van der Waals surface area contributed by atoms with Crippen LogP contribution in [0.3, 0.4) is 0 Å². The van der Waals surface area contributed by atoms with Crippen LogP contribution in [0.25, 0.3) is 0 Å². The molecule has 0 radical (unpaired) electrons. The Morgan fingerprint density at radius 3 is 2.82 bits per heavy atom. The van der Waals surface area contributed by atoms with Gasteiger partial charge in [-0.3, -0.25) is 0 Å². The second-order valence-corrected chi connectivity index (χ2v) is 6.49. The zero-order valence-electron chi connectivity index (χ0n) is 9.21. The summed E-state index contributed by atoms with van der Waals surface area (Å²) >= 11 is 5.79. The first-order valence-electron chi connectivity index (χ1n) is 5.44. The van der Waals surface area contributed by atoms with Crippen molar-refractivity contribution < 1.29 is 13.5 Å². The third-order valence-corrected chi connectivity index (χ3v) is 4.89. The molecular weight excluding hydrogens is 262 g/mol. The second-order valence-electron chi connectivity index (χ2n) is 4.12. The molecule has 0 aliphatic carbocycles. The molecule has 4 nitrogen and oxygen atoms in total. The Hall–Kier alpha value is -0.620. The number of aliphatic hydroxyl groups excluding tert-OH is 1. The highest BCUT2D eigenvalue weighted by Gasteiger charge is 2.29. The van der Waals surface area contributed by atoms with Crippen molar-refractivity contribution in [3.8, 4) is 0 Å². The molecule has 1 aromatic rings. The first-order chi connectivity index (χ1) is 8.00. The molecule has 0 bridgehead atoms. The van der Waals surface area contributed by atoms with Gasteiger partial charge >= 0.3 is 0 Å². The van der Waals surface area contributed by atoms with E-state index in [1.54, 1.807) is 12.1 Å². The fraction of sp³-hybridized carbons (Fsp3) is 0.455. The summed E-state index contributed by atoms with van der Waals surface area (Å²) in [4.78, 5) is 0.180.